The molecule has 1 rings (SSSR count). The molecule has 2 heteroatoms. The van der Waals surface area contributed by atoms with E-state index in [1.165, 1.54) is 0 Å². The molecular formula is C13H13NO. The van der Waals surface area contributed by atoms with E-state index in [2.05, 4.69) is 12.0 Å². The summed E-state index contributed by atoms with van der Waals surface area (Å²) >= 11 is 0. The standard InChI is InChI=1S/C13H13NO/c1-2-3-8-15-11-13(10-14)9-12-6-4-5-7-12/h1,4-7,9,12H,3,8,11H2/b13-9+. The van der Waals surface area contributed by atoms with Crippen molar-refractivity contribution < 1.29 is 4.74 Å². The maximum absolute atomic E-state index is 8.86. The number of rotatable bonds is 5. The zero-order chi connectivity index (χ0) is 10.9. The van der Waals surface area contributed by atoms with E-state index in [1.807, 2.05) is 30.4 Å². The summed E-state index contributed by atoms with van der Waals surface area (Å²) in [6.45, 7) is 0.849. The Hall–Kier alpha value is -1.77. The SMILES string of the molecule is C#CCCOC/C(C#N)=C/C1C=CC=C1. The first-order valence-corrected chi connectivity index (χ1v) is 4.84. The average Bonchev–Trinajstić information content (AvgIpc) is 2.75. The molecule has 1 aliphatic carbocycles. The Morgan fingerprint density at radius 3 is 2.80 bits per heavy atom. The Labute approximate surface area is 90.5 Å². The Bertz CT molecular complexity index is 351. The van der Waals surface area contributed by atoms with Crippen LogP contribution in [0.3, 0.4) is 0 Å². The highest BCUT2D eigenvalue weighted by Crippen LogP contribution is 2.12. The molecule has 15 heavy (non-hydrogen) atoms. The van der Waals surface area contributed by atoms with E-state index < -0.39 is 0 Å². The van der Waals surface area contributed by atoms with Gasteiger partial charge in [0.05, 0.1) is 24.9 Å². The fourth-order valence-electron chi connectivity index (χ4n) is 1.22. The van der Waals surface area contributed by atoms with Crippen LogP contribution < -0.4 is 0 Å². The maximum atomic E-state index is 8.86. The highest BCUT2D eigenvalue weighted by molar-refractivity contribution is 5.30. The fourth-order valence-corrected chi connectivity index (χ4v) is 1.22. The minimum Gasteiger partial charge on any atom is -0.375 e. The molecule has 0 spiro atoms. The van der Waals surface area contributed by atoms with Crippen molar-refractivity contribution in [1.29, 1.82) is 5.26 Å². The third kappa shape index (κ3) is 4.31. The van der Waals surface area contributed by atoms with Gasteiger partial charge in [-0.05, 0) is 0 Å². The van der Waals surface area contributed by atoms with Crippen molar-refractivity contribution in [3.8, 4) is 18.4 Å². The van der Waals surface area contributed by atoms with Gasteiger partial charge in [-0.25, -0.2) is 0 Å². The molecule has 0 atom stereocenters. The van der Waals surface area contributed by atoms with Gasteiger partial charge in [0.1, 0.15) is 0 Å². The number of allylic oxidation sites excluding steroid dienone is 5. The van der Waals surface area contributed by atoms with Crippen LogP contribution in [0.25, 0.3) is 0 Å². The molecule has 0 amide bonds. The summed E-state index contributed by atoms with van der Waals surface area (Å²) in [5, 5.41) is 8.86. The van der Waals surface area contributed by atoms with Crippen LogP contribution in [0.15, 0.2) is 36.0 Å². The molecule has 0 aromatic carbocycles. The molecule has 0 unspecified atom stereocenters. The van der Waals surface area contributed by atoms with Crippen LogP contribution in [0.5, 0.6) is 0 Å². The summed E-state index contributed by atoms with van der Waals surface area (Å²) in [4.78, 5) is 0. The number of hydrogen-bond donors (Lipinski definition) is 0. The molecule has 0 fully saturated rings. The monoisotopic (exact) mass is 199 g/mol. The van der Waals surface area contributed by atoms with Crippen LogP contribution in [0.2, 0.25) is 0 Å². The summed E-state index contributed by atoms with van der Waals surface area (Å²) < 4.78 is 5.26. The van der Waals surface area contributed by atoms with Gasteiger partial charge < -0.3 is 4.74 Å². The topological polar surface area (TPSA) is 33.0 Å². The molecule has 0 bridgehead atoms. The molecule has 0 aliphatic heterocycles. The predicted octanol–water partition coefficient (Wildman–Crippen LogP) is 2.22. The minimum absolute atomic E-state index is 0.232. The molecule has 1 aliphatic rings. The zero-order valence-corrected chi connectivity index (χ0v) is 8.52. The molecule has 0 saturated heterocycles. The van der Waals surface area contributed by atoms with Crippen LogP contribution >= 0.6 is 0 Å². The summed E-state index contributed by atoms with van der Waals surface area (Å²) in [7, 11) is 0. The number of hydrogen-bond acceptors (Lipinski definition) is 2. The lowest BCUT2D eigenvalue weighted by Gasteiger charge is -2.02. The Morgan fingerprint density at radius 2 is 2.20 bits per heavy atom. The molecular weight excluding hydrogens is 186 g/mol. The first-order chi connectivity index (χ1) is 7.36. The van der Waals surface area contributed by atoms with E-state index >= 15 is 0 Å². The number of nitrogens with zero attached hydrogens (tertiary/aromatic N) is 1. The molecule has 0 aromatic heterocycles. The normalized spacial score (nSPS) is 15.2. The van der Waals surface area contributed by atoms with Crippen molar-refractivity contribution >= 4 is 0 Å². The average molecular weight is 199 g/mol. The van der Waals surface area contributed by atoms with E-state index in [9.17, 15) is 0 Å². The second-order valence-corrected chi connectivity index (χ2v) is 3.16. The third-order valence-electron chi connectivity index (χ3n) is 1.96. The highest BCUT2D eigenvalue weighted by atomic mass is 16.5. The predicted molar refractivity (Wildman–Crippen MR) is 59.7 cm³/mol. The van der Waals surface area contributed by atoms with Gasteiger partial charge in [-0.15, -0.1) is 12.3 Å². The molecule has 0 radical (unpaired) electrons. The van der Waals surface area contributed by atoms with Crippen LogP contribution in [0.1, 0.15) is 6.42 Å². The number of nitriles is 1. The van der Waals surface area contributed by atoms with Crippen molar-refractivity contribution in [1.82, 2.24) is 0 Å². The van der Waals surface area contributed by atoms with Gasteiger partial charge in [-0.2, -0.15) is 5.26 Å². The zero-order valence-electron chi connectivity index (χ0n) is 8.52. The quantitative estimate of drug-likeness (QED) is 0.386. The molecule has 0 heterocycles. The lowest BCUT2D eigenvalue weighted by atomic mass is 10.1. The van der Waals surface area contributed by atoms with E-state index in [0.717, 1.165) is 0 Å². The summed E-state index contributed by atoms with van der Waals surface area (Å²) in [6, 6.07) is 2.12. The van der Waals surface area contributed by atoms with Gasteiger partial charge >= 0.3 is 0 Å². The molecule has 0 aromatic rings. The van der Waals surface area contributed by atoms with Crippen LogP contribution in [0.4, 0.5) is 0 Å². The number of ether oxygens (including phenoxy) is 1. The second-order valence-electron chi connectivity index (χ2n) is 3.16. The smallest absolute Gasteiger partial charge is 0.0968 e. The van der Waals surface area contributed by atoms with Crippen LogP contribution in [-0.2, 0) is 4.74 Å². The van der Waals surface area contributed by atoms with Gasteiger partial charge in [0.25, 0.3) is 0 Å². The van der Waals surface area contributed by atoms with E-state index in [1.54, 1.807) is 0 Å². The van der Waals surface area contributed by atoms with Gasteiger partial charge in [-0.1, -0.05) is 30.4 Å². The summed E-state index contributed by atoms with van der Waals surface area (Å²) in [5.41, 5.74) is 0.647. The maximum Gasteiger partial charge on any atom is 0.0968 e. The van der Waals surface area contributed by atoms with Gasteiger partial charge in [-0.3, -0.25) is 0 Å². The van der Waals surface area contributed by atoms with Crippen molar-refractivity contribution in [3.05, 3.63) is 36.0 Å². The van der Waals surface area contributed by atoms with Gasteiger partial charge in [0.15, 0.2) is 0 Å². The fraction of sp³-hybridized carbons (Fsp3) is 0.308. The lowest BCUT2D eigenvalue weighted by Crippen LogP contribution is -1.99. The Balaban J connectivity index is 2.36. The lowest BCUT2D eigenvalue weighted by molar-refractivity contribution is 0.164. The molecule has 76 valence electrons. The van der Waals surface area contributed by atoms with Crippen LogP contribution in [0, 0.1) is 29.6 Å². The first-order valence-electron chi connectivity index (χ1n) is 4.84. The van der Waals surface area contributed by atoms with Crippen molar-refractivity contribution in [3.63, 3.8) is 0 Å². The summed E-state index contributed by atoms with van der Waals surface area (Å²) in [6.07, 6.45) is 15.6. The van der Waals surface area contributed by atoms with Gasteiger partial charge in [0, 0.05) is 12.3 Å². The highest BCUT2D eigenvalue weighted by Gasteiger charge is 2.02. The van der Waals surface area contributed by atoms with Crippen molar-refractivity contribution in [2.45, 2.75) is 6.42 Å². The van der Waals surface area contributed by atoms with Crippen LogP contribution in [-0.4, -0.2) is 13.2 Å². The Kier molecular flexibility index (Phi) is 5.01. The van der Waals surface area contributed by atoms with Crippen molar-refractivity contribution in [2.24, 2.45) is 5.92 Å². The molecule has 2 nitrogen and oxygen atoms in total. The Morgan fingerprint density at radius 1 is 1.47 bits per heavy atom. The van der Waals surface area contributed by atoms with E-state index in [0.29, 0.717) is 25.2 Å². The van der Waals surface area contributed by atoms with E-state index in [-0.39, 0.29) is 5.92 Å². The second kappa shape index (κ2) is 6.65. The van der Waals surface area contributed by atoms with Crippen molar-refractivity contribution in [2.75, 3.05) is 13.2 Å². The third-order valence-corrected chi connectivity index (χ3v) is 1.96. The largest absolute Gasteiger partial charge is 0.375 e. The minimum atomic E-state index is 0.232. The first kappa shape index (κ1) is 11.3. The van der Waals surface area contributed by atoms with Gasteiger partial charge in [0.2, 0.25) is 0 Å². The summed E-state index contributed by atoms with van der Waals surface area (Å²) in [5.74, 6) is 2.72. The molecule has 0 N–H and O–H groups in total. The van der Waals surface area contributed by atoms with E-state index in [4.69, 9.17) is 16.4 Å². The molecule has 0 saturated carbocycles. The number of terminal acetylenes is 1.